The predicted octanol–water partition coefficient (Wildman–Crippen LogP) is 11.5. The van der Waals surface area contributed by atoms with Crippen molar-refractivity contribution in [3.63, 3.8) is 0 Å². The highest BCUT2D eigenvalue weighted by atomic mass is 14.4. The van der Waals surface area contributed by atoms with Crippen molar-refractivity contribution >= 4 is 27.6 Å². The molecule has 0 nitrogen and oxygen atoms in total. The summed E-state index contributed by atoms with van der Waals surface area (Å²) >= 11 is 0. The Hall–Kier alpha value is -4.94. The average Bonchev–Trinajstić information content (AvgIpc) is 3.29. The zero-order valence-electron chi connectivity index (χ0n) is 24.5. The van der Waals surface area contributed by atoms with Crippen LogP contribution in [0, 0.1) is 5.92 Å². The van der Waals surface area contributed by atoms with E-state index in [1.165, 1.54) is 77.2 Å². The van der Waals surface area contributed by atoms with Gasteiger partial charge in [-0.2, -0.15) is 0 Å². The van der Waals surface area contributed by atoms with Crippen molar-refractivity contribution in [2.45, 2.75) is 25.2 Å². The van der Waals surface area contributed by atoms with Crippen molar-refractivity contribution in [2.75, 3.05) is 0 Å². The Morgan fingerprint density at radius 2 is 1.21 bits per heavy atom. The van der Waals surface area contributed by atoms with Crippen LogP contribution < -0.4 is 0 Å². The van der Waals surface area contributed by atoms with E-state index >= 15 is 0 Å². The van der Waals surface area contributed by atoms with E-state index in [1.807, 2.05) is 0 Å². The van der Waals surface area contributed by atoms with Crippen LogP contribution in [0.3, 0.4) is 0 Å². The van der Waals surface area contributed by atoms with E-state index in [4.69, 9.17) is 0 Å². The number of benzene rings is 6. The van der Waals surface area contributed by atoms with Crippen LogP contribution in [-0.4, -0.2) is 0 Å². The second-order valence-corrected chi connectivity index (χ2v) is 12.9. The maximum Gasteiger partial charge on any atom is 0.0159 e. The predicted molar refractivity (Wildman–Crippen MR) is 183 cm³/mol. The zero-order chi connectivity index (χ0) is 28.7. The monoisotopic (exact) mass is 548 g/mol. The van der Waals surface area contributed by atoms with Crippen LogP contribution in [0.4, 0.5) is 0 Å². The summed E-state index contributed by atoms with van der Waals surface area (Å²) in [6.07, 6.45) is 13.8. The minimum Gasteiger partial charge on any atom is -0.0767 e. The van der Waals surface area contributed by atoms with Gasteiger partial charge in [0.25, 0.3) is 0 Å². The molecule has 0 fully saturated rings. The molecular formula is C43H32. The summed E-state index contributed by atoms with van der Waals surface area (Å²) in [7, 11) is 0. The van der Waals surface area contributed by atoms with E-state index in [-0.39, 0.29) is 5.41 Å². The first-order valence-corrected chi connectivity index (χ1v) is 15.4. The molecule has 204 valence electrons. The van der Waals surface area contributed by atoms with Gasteiger partial charge in [-0.1, -0.05) is 135 Å². The van der Waals surface area contributed by atoms with Gasteiger partial charge in [0.05, 0.1) is 0 Å². The first kappa shape index (κ1) is 24.6. The summed E-state index contributed by atoms with van der Waals surface area (Å²) in [5.74, 6) is 0.831. The number of hydrogen-bond acceptors (Lipinski definition) is 0. The minimum atomic E-state index is -0.00235. The highest BCUT2D eigenvalue weighted by molar-refractivity contribution is 6.03. The maximum atomic E-state index is 2.42. The van der Waals surface area contributed by atoms with Crippen molar-refractivity contribution in [3.05, 3.63) is 162 Å². The Balaban J connectivity index is 1.17. The lowest BCUT2D eigenvalue weighted by Crippen LogP contribution is -2.14. The molecular weight excluding hydrogens is 516 g/mol. The fraction of sp³-hybridized carbons (Fsp3) is 0.116. The molecule has 0 bridgehead atoms. The van der Waals surface area contributed by atoms with Gasteiger partial charge in [-0.05, 0) is 101 Å². The normalized spacial score (nSPS) is 18.8. The molecule has 0 heteroatoms. The Morgan fingerprint density at radius 1 is 0.512 bits per heavy atom. The summed E-state index contributed by atoms with van der Waals surface area (Å²) in [6, 6.07) is 41.2. The first-order chi connectivity index (χ1) is 21.1. The van der Waals surface area contributed by atoms with E-state index in [0.717, 1.165) is 0 Å². The van der Waals surface area contributed by atoms with Gasteiger partial charge in [-0.25, -0.2) is 0 Å². The standard InChI is InChI=1S/C43H32/c1-43(2)40-14-8-7-12-36(40)37-22-21-30(26-41(37)43)29-18-15-27-16-19-31(24-33(27)23-29)39-25-32-20-17-28-9-3-4-10-34(28)42(32)38-13-6-5-11-35(38)39/h3-26,28,34H,1-2H3. The van der Waals surface area contributed by atoms with Gasteiger partial charge in [-0.3, -0.25) is 0 Å². The van der Waals surface area contributed by atoms with Gasteiger partial charge >= 0.3 is 0 Å². The highest BCUT2D eigenvalue weighted by Gasteiger charge is 2.35. The lowest BCUT2D eigenvalue weighted by molar-refractivity contribution is 0.660. The van der Waals surface area contributed by atoms with Gasteiger partial charge in [0.1, 0.15) is 0 Å². The Kier molecular flexibility index (Phi) is 5.17. The van der Waals surface area contributed by atoms with E-state index in [2.05, 4.69) is 159 Å². The largest absolute Gasteiger partial charge is 0.0767 e. The van der Waals surface area contributed by atoms with E-state index in [9.17, 15) is 0 Å². The number of fused-ring (bicyclic) bond motifs is 9. The molecule has 0 saturated carbocycles. The highest BCUT2D eigenvalue weighted by Crippen LogP contribution is 2.50. The third kappa shape index (κ3) is 3.63. The van der Waals surface area contributed by atoms with Crippen LogP contribution in [0.5, 0.6) is 0 Å². The lowest BCUT2D eigenvalue weighted by atomic mass is 9.74. The molecule has 9 rings (SSSR count). The molecule has 0 amide bonds. The Morgan fingerprint density at radius 3 is 2.12 bits per heavy atom. The molecule has 0 N–H and O–H groups in total. The van der Waals surface area contributed by atoms with Crippen LogP contribution in [0.1, 0.15) is 42.0 Å². The zero-order valence-corrected chi connectivity index (χ0v) is 24.5. The molecule has 0 spiro atoms. The van der Waals surface area contributed by atoms with E-state index in [1.54, 1.807) is 0 Å². The topological polar surface area (TPSA) is 0 Å². The van der Waals surface area contributed by atoms with Crippen LogP contribution in [-0.2, 0) is 5.41 Å². The molecule has 3 aliphatic carbocycles. The van der Waals surface area contributed by atoms with E-state index < -0.39 is 0 Å². The second kappa shape index (κ2) is 9.03. The molecule has 6 aromatic rings. The van der Waals surface area contributed by atoms with Gasteiger partial charge < -0.3 is 0 Å². The van der Waals surface area contributed by atoms with Crippen LogP contribution >= 0.6 is 0 Å². The van der Waals surface area contributed by atoms with Crippen molar-refractivity contribution in [1.82, 2.24) is 0 Å². The third-order valence-corrected chi connectivity index (χ3v) is 10.2. The van der Waals surface area contributed by atoms with Gasteiger partial charge in [0.2, 0.25) is 0 Å². The maximum absolute atomic E-state index is 2.42. The summed E-state index contributed by atoms with van der Waals surface area (Å²) in [5.41, 5.74) is 13.5. The molecule has 0 aliphatic heterocycles. The van der Waals surface area contributed by atoms with Crippen molar-refractivity contribution in [2.24, 2.45) is 5.92 Å². The molecule has 43 heavy (non-hydrogen) atoms. The summed E-state index contributed by atoms with van der Waals surface area (Å²) < 4.78 is 0. The molecule has 0 heterocycles. The number of hydrogen-bond donors (Lipinski definition) is 0. The van der Waals surface area contributed by atoms with Gasteiger partial charge in [-0.15, -0.1) is 0 Å². The van der Waals surface area contributed by atoms with Crippen molar-refractivity contribution in [3.8, 4) is 33.4 Å². The Labute approximate surface area is 253 Å². The fourth-order valence-corrected chi connectivity index (χ4v) is 7.96. The van der Waals surface area contributed by atoms with Crippen molar-refractivity contribution in [1.29, 1.82) is 0 Å². The molecule has 3 aliphatic rings. The van der Waals surface area contributed by atoms with E-state index in [0.29, 0.717) is 11.8 Å². The van der Waals surface area contributed by atoms with Gasteiger partial charge in [0.15, 0.2) is 0 Å². The number of allylic oxidation sites excluding steroid dienone is 5. The summed E-state index contributed by atoms with van der Waals surface area (Å²) in [6.45, 7) is 4.71. The second-order valence-electron chi connectivity index (χ2n) is 12.9. The van der Waals surface area contributed by atoms with Crippen LogP contribution in [0.2, 0.25) is 0 Å². The Bertz CT molecular complexity index is 2220. The molecule has 0 aromatic heterocycles. The average molecular weight is 549 g/mol. The van der Waals surface area contributed by atoms with Crippen molar-refractivity contribution < 1.29 is 0 Å². The first-order valence-electron chi connectivity index (χ1n) is 15.4. The summed E-state index contributed by atoms with van der Waals surface area (Å²) in [4.78, 5) is 0. The summed E-state index contributed by atoms with van der Waals surface area (Å²) in [5, 5.41) is 5.24. The molecule has 0 saturated heterocycles. The fourth-order valence-electron chi connectivity index (χ4n) is 7.96. The van der Waals surface area contributed by atoms with Crippen LogP contribution in [0.15, 0.2) is 140 Å². The molecule has 0 radical (unpaired) electrons. The molecule has 6 aromatic carbocycles. The third-order valence-electron chi connectivity index (χ3n) is 10.2. The number of rotatable bonds is 2. The SMILES string of the molecule is CC1(C)c2ccccc2-c2ccc(-c3ccc4ccc(-c5cc6c(c7ccccc57)C5C=CC=CC5C=C6)cc4c3)cc21. The van der Waals surface area contributed by atoms with Crippen LogP contribution in [0.25, 0.3) is 61.0 Å². The lowest BCUT2D eigenvalue weighted by Gasteiger charge is -2.29. The minimum absolute atomic E-state index is 0.00235. The smallest absolute Gasteiger partial charge is 0.0159 e. The molecule has 2 unspecified atom stereocenters. The molecule has 2 atom stereocenters. The quantitative estimate of drug-likeness (QED) is 0.202. The van der Waals surface area contributed by atoms with Gasteiger partial charge in [0, 0.05) is 17.3 Å².